The Labute approximate surface area is 136 Å². The molecule has 4 aromatic rings. The second kappa shape index (κ2) is 6.04. The van der Waals surface area contributed by atoms with Gasteiger partial charge in [0.15, 0.2) is 5.82 Å². The zero-order valence-corrected chi connectivity index (χ0v) is 12.5. The molecule has 0 saturated carbocycles. The Bertz CT molecular complexity index is 950. The van der Waals surface area contributed by atoms with E-state index in [0.29, 0.717) is 28.8 Å². The number of hydrogen-bond acceptors (Lipinski definition) is 5. The summed E-state index contributed by atoms with van der Waals surface area (Å²) in [6, 6.07) is 12.0. The maximum Gasteiger partial charge on any atom is 0.264 e. The average molecular weight is 321 g/mol. The van der Waals surface area contributed by atoms with Crippen LogP contribution in [0.2, 0.25) is 0 Å². The van der Waals surface area contributed by atoms with E-state index >= 15 is 0 Å². The topological polar surface area (TPSA) is 69.6 Å². The van der Waals surface area contributed by atoms with Crippen molar-refractivity contribution in [1.29, 1.82) is 0 Å². The highest BCUT2D eigenvalue weighted by molar-refractivity contribution is 5.53. The number of rotatable bonds is 4. The summed E-state index contributed by atoms with van der Waals surface area (Å²) in [7, 11) is 0. The summed E-state index contributed by atoms with van der Waals surface area (Å²) >= 11 is 0. The molecule has 0 radical (unpaired) electrons. The number of aromatic nitrogens is 5. The number of pyridine rings is 1. The largest absolute Gasteiger partial charge is 0.442 e. The molecule has 4 rings (SSSR count). The molecular formula is C17H12FN5O. The second-order valence-corrected chi connectivity index (χ2v) is 5.06. The van der Waals surface area contributed by atoms with Crippen molar-refractivity contribution >= 4 is 0 Å². The third kappa shape index (κ3) is 2.67. The molecule has 0 unspecified atom stereocenters. The van der Waals surface area contributed by atoms with Crippen molar-refractivity contribution in [2.45, 2.75) is 6.54 Å². The van der Waals surface area contributed by atoms with Gasteiger partial charge in [-0.15, -0.1) is 5.10 Å². The lowest BCUT2D eigenvalue weighted by molar-refractivity contribution is 0.550. The van der Waals surface area contributed by atoms with Crippen LogP contribution in [-0.4, -0.2) is 24.7 Å². The SMILES string of the molecule is Fc1ccccc1Cn1nc(-c2ccccn2)nc1-c1ncco1. The summed E-state index contributed by atoms with van der Waals surface area (Å²) in [4.78, 5) is 12.8. The van der Waals surface area contributed by atoms with Gasteiger partial charge in [0.25, 0.3) is 5.89 Å². The maximum atomic E-state index is 14.0. The van der Waals surface area contributed by atoms with Crippen molar-refractivity contribution in [2.24, 2.45) is 0 Å². The van der Waals surface area contributed by atoms with Crippen LogP contribution in [0.1, 0.15) is 5.56 Å². The van der Waals surface area contributed by atoms with Crippen LogP contribution in [0.3, 0.4) is 0 Å². The molecule has 0 bridgehead atoms. The molecule has 6 nitrogen and oxygen atoms in total. The number of hydrogen-bond donors (Lipinski definition) is 0. The van der Waals surface area contributed by atoms with Gasteiger partial charge in [-0.3, -0.25) is 4.98 Å². The number of oxazole rings is 1. The molecule has 118 valence electrons. The lowest BCUT2D eigenvalue weighted by Crippen LogP contribution is -2.06. The third-order valence-corrected chi connectivity index (χ3v) is 3.47. The number of nitrogens with zero attached hydrogens (tertiary/aromatic N) is 5. The van der Waals surface area contributed by atoms with Gasteiger partial charge >= 0.3 is 0 Å². The van der Waals surface area contributed by atoms with E-state index in [1.165, 1.54) is 18.5 Å². The normalized spacial score (nSPS) is 10.9. The van der Waals surface area contributed by atoms with Crippen LogP contribution < -0.4 is 0 Å². The van der Waals surface area contributed by atoms with E-state index in [4.69, 9.17) is 4.42 Å². The molecule has 0 N–H and O–H groups in total. The van der Waals surface area contributed by atoms with Crippen LogP contribution in [0.15, 0.2) is 65.5 Å². The minimum Gasteiger partial charge on any atom is -0.442 e. The zero-order chi connectivity index (χ0) is 16.4. The van der Waals surface area contributed by atoms with Gasteiger partial charge in [0, 0.05) is 11.8 Å². The Kier molecular flexibility index (Phi) is 3.59. The van der Waals surface area contributed by atoms with E-state index in [1.807, 2.05) is 18.2 Å². The molecule has 0 aliphatic rings. The van der Waals surface area contributed by atoms with Gasteiger partial charge in [-0.05, 0) is 18.2 Å². The van der Waals surface area contributed by atoms with E-state index < -0.39 is 0 Å². The third-order valence-electron chi connectivity index (χ3n) is 3.47. The smallest absolute Gasteiger partial charge is 0.264 e. The van der Waals surface area contributed by atoms with Gasteiger partial charge in [0.05, 0.1) is 12.7 Å². The van der Waals surface area contributed by atoms with Crippen molar-refractivity contribution in [1.82, 2.24) is 24.7 Å². The summed E-state index contributed by atoms with van der Waals surface area (Å²) in [5.41, 5.74) is 1.13. The minimum absolute atomic E-state index is 0.213. The molecule has 0 spiro atoms. The predicted octanol–water partition coefficient (Wildman–Crippen LogP) is 3.18. The predicted molar refractivity (Wildman–Crippen MR) is 84.3 cm³/mol. The molecular weight excluding hydrogens is 309 g/mol. The highest BCUT2D eigenvalue weighted by Crippen LogP contribution is 2.21. The van der Waals surface area contributed by atoms with Gasteiger partial charge in [0.2, 0.25) is 5.82 Å². The van der Waals surface area contributed by atoms with Gasteiger partial charge in [-0.2, -0.15) is 0 Å². The van der Waals surface area contributed by atoms with Crippen molar-refractivity contribution < 1.29 is 8.81 Å². The molecule has 24 heavy (non-hydrogen) atoms. The van der Waals surface area contributed by atoms with E-state index in [9.17, 15) is 4.39 Å². The Hall–Kier alpha value is -3.35. The first-order valence-corrected chi connectivity index (χ1v) is 7.31. The molecule has 3 heterocycles. The van der Waals surface area contributed by atoms with Gasteiger partial charge in [0.1, 0.15) is 17.8 Å². The van der Waals surface area contributed by atoms with E-state index in [0.717, 1.165) is 0 Å². The van der Waals surface area contributed by atoms with Crippen LogP contribution in [-0.2, 0) is 6.54 Å². The standard InChI is InChI=1S/C17H12FN5O/c18-13-6-2-1-5-12(13)11-23-16(17-20-9-10-24-17)21-15(22-23)14-7-3-4-8-19-14/h1-10H,11H2. The van der Waals surface area contributed by atoms with Crippen LogP contribution in [0, 0.1) is 5.82 Å². The molecule has 0 saturated heterocycles. The molecule has 7 heteroatoms. The fourth-order valence-electron chi connectivity index (χ4n) is 2.34. The van der Waals surface area contributed by atoms with Crippen LogP contribution in [0.5, 0.6) is 0 Å². The first-order valence-electron chi connectivity index (χ1n) is 7.31. The van der Waals surface area contributed by atoms with Crippen LogP contribution in [0.4, 0.5) is 4.39 Å². The lowest BCUT2D eigenvalue weighted by Gasteiger charge is -2.04. The van der Waals surface area contributed by atoms with Crippen LogP contribution in [0.25, 0.3) is 23.2 Å². The van der Waals surface area contributed by atoms with Gasteiger partial charge in [-0.1, -0.05) is 24.3 Å². The fraction of sp³-hybridized carbons (Fsp3) is 0.0588. The van der Waals surface area contributed by atoms with Gasteiger partial charge in [-0.25, -0.2) is 19.0 Å². The quantitative estimate of drug-likeness (QED) is 0.577. The molecule has 0 aliphatic carbocycles. The van der Waals surface area contributed by atoms with Crippen molar-refractivity contribution in [3.63, 3.8) is 0 Å². The fourth-order valence-corrected chi connectivity index (χ4v) is 2.34. The van der Waals surface area contributed by atoms with E-state index in [-0.39, 0.29) is 12.4 Å². The summed E-state index contributed by atoms with van der Waals surface area (Å²) in [6.45, 7) is 0.213. The molecule has 3 aromatic heterocycles. The van der Waals surface area contributed by atoms with Crippen LogP contribution >= 0.6 is 0 Å². The summed E-state index contributed by atoms with van der Waals surface area (Å²) < 4.78 is 20.9. The van der Waals surface area contributed by atoms with Crippen molar-refractivity contribution in [3.8, 4) is 23.2 Å². The number of halogens is 1. The molecule has 0 atom stereocenters. The lowest BCUT2D eigenvalue weighted by atomic mass is 10.2. The number of benzene rings is 1. The van der Waals surface area contributed by atoms with E-state index in [2.05, 4.69) is 20.1 Å². The van der Waals surface area contributed by atoms with Gasteiger partial charge < -0.3 is 4.42 Å². The zero-order valence-electron chi connectivity index (χ0n) is 12.5. The minimum atomic E-state index is -0.300. The Morgan fingerprint density at radius 2 is 1.88 bits per heavy atom. The average Bonchev–Trinajstić information content (AvgIpc) is 3.27. The second-order valence-electron chi connectivity index (χ2n) is 5.06. The maximum absolute atomic E-state index is 14.0. The summed E-state index contributed by atoms with van der Waals surface area (Å²) in [6.07, 6.45) is 4.65. The summed E-state index contributed by atoms with van der Waals surface area (Å²) in [5, 5.41) is 4.45. The first kappa shape index (κ1) is 14.3. The van der Waals surface area contributed by atoms with Crippen molar-refractivity contribution in [3.05, 3.63) is 72.5 Å². The van der Waals surface area contributed by atoms with Crippen molar-refractivity contribution in [2.75, 3.05) is 0 Å². The van der Waals surface area contributed by atoms with E-state index in [1.54, 1.807) is 29.1 Å². The molecule has 0 amide bonds. The Balaban J connectivity index is 1.80. The highest BCUT2D eigenvalue weighted by Gasteiger charge is 2.18. The Morgan fingerprint density at radius 3 is 2.62 bits per heavy atom. The highest BCUT2D eigenvalue weighted by atomic mass is 19.1. The summed E-state index contributed by atoms with van der Waals surface area (Å²) in [5.74, 6) is 0.871. The Morgan fingerprint density at radius 1 is 1.00 bits per heavy atom. The molecule has 0 aliphatic heterocycles. The first-order chi connectivity index (χ1) is 11.8. The molecule has 0 fully saturated rings. The molecule has 1 aromatic carbocycles. The monoisotopic (exact) mass is 321 g/mol.